The Labute approximate surface area is 185 Å². The minimum atomic E-state index is -1.67. The van der Waals surface area contributed by atoms with Crippen molar-refractivity contribution < 1.29 is 23.9 Å². The summed E-state index contributed by atoms with van der Waals surface area (Å²) in [6.45, 7) is 1.45. The molecular weight excluding hydrogens is 408 g/mol. The number of para-hydroxylation sites is 2. The Bertz CT molecular complexity index is 1090. The topological polar surface area (TPSA) is 109 Å². The van der Waals surface area contributed by atoms with Crippen molar-refractivity contribution in [2.24, 2.45) is 11.8 Å². The summed E-state index contributed by atoms with van der Waals surface area (Å²) in [6, 6.07) is 20.8. The lowest BCUT2D eigenvalue weighted by Gasteiger charge is -2.43. The molecule has 0 aliphatic heterocycles. The Morgan fingerprint density at radius 1 is 0.906 bits per heavy atom. The van der Waals surface area contributed by atoms with Gasteiger partial charge in [0.1, 0.15) is 17.5 Å². The van der Waals surface area contributed by atoms with Crippen molar-refractivity contribution in [3.05, 3.63) is 84.8 Å². The normalized spacial score (nSPS) is 25.2. The molecule has 1 fully saturated rings. The Morgan fingerprint density at radius 3 is 2.00 bits per heavy atom. The molecule has 32 heavy (non-hydrogen) atoms. The highest BCUT2D eigenvalue weighted by Crippen LogP contribution is 2.46. The van der Waals surface area contributed by atoms with Gasteiger partial charge in [0.25, 0.3) is 0 Å². The van der Waals surface area contributed by atoms with Crippen LogP contribution in [0.4, 0.5) is 11.4 Å². The Balaban J connectivity index is 1.72. The molecule has 2 aromatic carbocycles. The molecular formula is C25H24N2O5. The molecule has 3 aromatic rings. The number of carbonyl (C=O) groups is 3. The van der Waals surface area contributed by atoms with Crippen LogP contribution >= 0.6 is 0 Å². The van der Waals surface area contributed by atoms with E-state index < -0.39 is 41.0 Å². The van der Waals surface area contributed by atoms with Crippen LogP contribution in [-0.2, 0) is 14.4 Å². The maximum atomic E-state index is 13.4. The molecule has 0 spiro atoms. The zero-order valence-corrected chi connectivity index (χ0v) is 17.5. The van der Waals surface area contributed by atoms with Crippen molar-refractivity contribution >= 4 is 29.0 Å². The third kappa shape index (κ3) is 4.33. The van der Waals surface area contributed by atoms with Gasteiger partial charge in [-0.2, -0.15) is 0 Å². The van der Waals surface area contributed by atoms with Crippen LogP contribution in [-0.4, -0.2) is 28.3 Å². The first-order valence-corrected chi connectivity index (χ1v) is 10.4. The molecule has 1 aliphatic rings. The summed E-state index contributed by atoms with van der Waals surface area (Å²) >= 11 is 0. The van der Waals surface area contributed by atoms with Gasteiger partial charge in [-0.05, 0) is 43.3 Å². The average Bonchev–Trinajstić information content (AvgIpc) is 3.28. The summed E-state index contributed by atoms with van der Waals surface area (Å²) < 4.78 is 5.55. The van der Waals surface area contributed by atoms with E-state index in [2.05, 4.69) is 10.6 Å². The minimum Gasteiger partial charge on any atom is -0.469 e. The number of aliphatic hydroxyl groups is 1. The van der Waals surface area contributed by atoms with Crippen LogP contribution in [0, 0.1) is 11.8 Å². The van der Waals surface area contributed by atoms with Crippen LogP contribution in [0.2, 0.25) is 0 Å². The summed E-state index contributed by atoms with van der Waals surface area (Å²) in [4.78, 5) is 39.7. The molecule has 4 rings (SSSR count). The lowest BCUT2D eigenvalue weighted by Crippen LogP contribution is -2.56. The van der Waals surface area contributed by atoms with E-state index in [0.717, 1.165) is 0 Å². The third-order valence-electron chi connectivity index (χ3n) is 5.79. The number of ketones is 1. The maximum absolute atomic E-state index is 13.4. The zero-order valence-electron chi connectivity index (χ0n) is 17.5. The van der Waals surface area contributed by atoms with Crippen LogP contribution in [0.25, 0.3) is 0 Å². The minimum absolute atomic E-state index is 0.291. The van der Waals surface area contributed by atoms with Crippen molar-refractivity contribution in [2.75, 3.05) is 10.6 Å². The van der Waals surface area contributed by atoms with Gasteiger partial charge >= 0.3 is 0 Å². The van der Waals surface area contributed by atoms with Crippen LogP contribution in [0.5, 0.6) is 0 Å². The molecule has 164 valence electrons. The first kappa shape index (κ1) is 21.5. The predicted octanol–water partition coefficient (Wildman–Crippen LogP) is 3.60. The highest BCUT2D eigenvalue weighted by Gasteiger charge is 2.56. The highest BCUT2D eigenvalue weighted by molar-refractivity contribution is 6.10. The molecule has 1 aromatic heterocycles. The van der Waals surface area contributed by atoms with E-state index in [0.29, 0.717) is 17.1 Å². The first-order chi connectivity index (χ1) is 15.4. The molecule has 7 heteroatoms. The molecule has 3 N–H and O–H groups in total. The fourth-order valence-electron chi connectivity index (χ4n) is 4.40. The van der Waals surface area contributed by atoms with Gasteiger partial charge in [0.05, 0.1) is 23.7 Å². The maximum Gasteiger partial charge on any atom is 0.235 e. The third-order valence-corrected chi connectivity index (χ3v) is 5.79. The van der Waals surface area contributed by atoms with Gasteiger partial charge in [-0.25, -0.2) is 0 Å². The highest BCUT2D eigenvalue weighted by atomic mass is 16.3. The summed E-state index contributed by atoms with van der Waals surface area (Å²) in [5.74, 6) is -4.48. The summed E-state index contributed by atoms with van der Waals surface area (Å²) in [6.07, 6.45) is 1.09. The largest absolute Gasteiger partial charge is 0.469 e. The van der Waals surface area contributed by atoms with Crippen LogP contribution < -0.4 is 10.6 Å². The molecule has 1 aliphatic carbocycles. The van der Waals surface area contributed by atoms with E-state index in [1.165, 1.54) is 13.2 Å². The number of benzene rings is 2. The summed E-state index contributed by atoms with van der Waals surface area (Å²) in [7, 11) is 0. The van der Waals surface area contributed by atoms with Crippen molar-refractivity contribution in [3.63, 3.8) is 0 Å². The molecule has 0 saturated heterocycles. The second-order valence-electron chi connectivity index (χ2n) is 8.21. The second-order valence-corrected chi connectivity index (χ2v) is 8.21. The quantitative estimate of drug-likeness (QED) is 0.534. The molecule has 4 atom stereocenters. The van der Waals surface area contributed by atoms with Crippen molar-refractivity contribution in [1.82, 2.24) is 0 Å². The molecule has 1 heterocycles. The number of rotatable bonds is 5. The predicted molar refractivity (Wildman–Crippen MR) is 119 cm³/mol. The van der Waals surface area contributed by atoms with E-state index in [4.69, 9.17) is 4.42 Å². The number of nitrogens with one attached hydrogen (secondary N) is 2. The summed E-state index contributed by atoms with van der Waals surface area (Å²) in [5, 5.41) is 16.7. The lowest BCUT2D eigenvalue weighted by molar-refractivity contribution is -0.151. The number of hydrogen-bond donors (Lipinski definition) is 3. The number of furan rings is 1. The van der Waals surface area contributed by atoms with Crippen LogP contribution in [0.15, 0.2) is 83.5 Å². The van der Waals surface area contributed by atoms with Crippen molar-refractivity contribution in [2.45, 2.75) is 24.9 Å². The lowest BCUT2D eigenvalue weighted by atomic mass is 9.62. The number of amides is 2. The number of Topliss-reactive ketones (excluding diaryl/α,β-unsaturated/α-hetero) is 1. The van der Waals surface area contributed by atoms with Gasteiger partial charge < -0.3 is 20.2 Å². The van der Waals surface area contributed by atoms with Crippen LogP contribution in [0.3, 0.4) is 0 Å². The Morgan fingerprint density at radius 2 is 1.47 bits per heavy atom. The fraction of sp³-hybridized carbons (Fsp3) is 0.240. The Kier molecular flexibility index (Phi) is 5.92. The van der Waals surface area contributed by atoms with E-state index in [-0.39, 0.29) is 6.42 Å². The van der Waals surface area contributed by atoms with E-state index in [1.807, 2.05) is 12.1 Å². The summed E-state index contributed by atoms with van der Waals surface area (Å²) in [5.41, 5.74) is -0.587. The average molecular weight is 432 g/mol. The van der Waals surface area contributed by atoms with Gasteiger partial charge in [0.2, 0.25) is 11.8 Å². The SMILES string of the molecule is CC1(O)CC(=O)C(C(=O)Nc2ccccc2)C(c2ccco2)C1C(=O)Nc1ccccc1. The second kappa shape index (κ2) is 8.80. The molecule has 7 nitrogen and oxygen atoms in total. The van der Waals surface area contributed by atoms with E-state index >= 15 is 0 Å². The number of carbonyl (C=O) groups excluding carboxylic acids is 3. The number of anilines is 2. The Hall–Kier alpha value is -3.71. The van der Waals surface area contributed by atoms with Gasteiger partial charge in [0, 0.05) is 17.8 Å². The van der Waals surface area contributed by atoms with E-state index in [1.54, 1.807) is 60.7 Å². The molecule has 4 unspecified atom stereocenters. The van der Waals surface area contributed by atoms with Crippen molar-refractivity contribution in [3.8, 4) is 0 Å². The molecule has 0 radical (unpaired) electrons. The molecule has 1 saturated carbocycles. The fourth-order valence-corrected chi connectivity index (χ4v) is 4.40. The first-order valence-electron chi connectivity index (χ1n) is 10.4. The van der Waals surface area contributed by atoms with Gasteiger partial charge in [-0.3, -0.25) is 14.4 Å². The molecule has 0 bridgehead atoms. The van der Waals surface area contributed by atoms with Crippen LogP contribution in [0.1, 0.15) is 25.0 Å². The zero-order chi connectivity index (χ0) is 22.7. The van der Waals surface area contributed by atoms with Gasteiger partial charge in [-0.15, -0.1) is 0 Å². The van der Waals surface area contributed by atoms with Gasteiger partial charge in [-0.1, -0.05) is 36.4 Å². The smallest absolute Gasteiger partial charge is 0.235 e. The van der Waals surface area contributed by atoms with E-state index in [9.17, 15) is 19.5 Å². The van der Waals surface area contributed by atoms with Crippen molar-refractivity contribution in [1.29, 1.82) is 0 Å². The standard InChI is InChI=1S/C25H24N2O5/c1-25(31)15-18(28)20(23(29)26-16-9-4-2-5-10-16)21(19-13-8-14-32-19)22(25)24(30)27-17-11-6-3-7-12-17/h2-14,20-22,31H,15H2,1H3,(H,26,29)(H,27,30). The monoisotopic (exact) mass is 432 g/mol. The number of hydrogen-bond acceptors (Lipinski definition) is 5. The van der Waals surface area contributed by atoms with Gasteiger partial charge in [0.15, 0.2) is 0 Å². The molecule has 2 amide bonds.